The van der Waals surface area contributed by atoms with E-state index in [9.17, 15) is 4.79 Å². The van der Waals surface area contributed by atoms with Crippen LogP contribution in [0.5, 0.6) is 11.5 Å². The Kier molecular flexibility index (Phi) is 3.85. The number of hydrogen-bond donors (Lipinski definition) is 0. The van der Waals surface area contributed by atoms with E-state index in [1.165, 1.54) is 10.9 Å². The van der Waals surface area contributed by atoms with Crippen LogP contribution in [0.3, 0.4) is 0 Å². The summed E-state index contributed by atoms with van der Waals surface area (Å²) in [6.45, 7) is 3.77. The van der Waals surface area contributed by atoms with Crippen LogP contribution < -0.4 is 15.0 Å². The fourth-order valence-electron chi connectivity index (χ4n) is 2.46. The Hall–Kier alpha value is -3.08. The molecule has 116 valence electrons. The maximum atomic E-state index is 12.9. The van der Waals surface area contributed by atoms with E-state index in [0.717, 1.165) is 11.4 Å². The standard InChI is InChI=1S/C18H16N2O3/c1-4-12-9-15(23-3)10-16-17(12)18(21)20(11-19-16)13-5-7-14(22-2)8-6-13/h4-11H,1H2,2-3H3. The van der Waals surface area contributed by atoms with Gasteiger partial charge in [0.25, 0.3) is 5.56 Å². The summed E-state index contributed by atoms with van der Waals surface area (Å²) in [4.78, 5) is 17.2. The van der Waals surface area contributed by atoms with Gasteiger partial charge in [0.2, 0.25) is 0 Å². The zero-order valence-corrected chi connectivity index (χ0v) is 12.9. The molecule has 0 saturated heterocycles. The number of hydrogen-bond acceptors (Lipinski definition) is 4. The van der Waals surface area contributed by atoms with Crippen molar-refractivity contribution < 1.29 is 9.47 Å². The third-order valence-electron chi connectivity index (χ3n) is 3.67. The summed E-state index contributed by atoms with van der Waals surface area (Å²) in [5, 5.41) is 0.513. The van der Waals surface area contributed by atoms with Gasteiger partial charge >= 0.3 is 0 Å². The maximum Gasteiger partial charge on any atom is 0.266 e. The van der Waals surface area contributed by atoms with Gasteiger partial charge in [0.1, 0.15) is 17.8 Å². The molecule has 3 aromatic rings. The Morgan fingerprint density at radius 3 is 2.39 bits per heavy atom. The average Bonchev–Trinajstić information content (AvgIpc) is 2.61. The van der Waals surface area contributed by atoms with E-state index < -0.39 is 0 Å². The van der Waals surface area contributed by atoms with Gasteiger partial charge in [0.15, 0.2) is 0 Å². The first-order chi connectivity index (χ1) is 11.2. The first-order valence-electron chi connectivity index (χ1n) is 7.04. The molecule has 0 aliphatic heterocycles. The van der Waals surface area contributed by atoms with Gasteiger partial charge in [-0.1, -0.05) is 12.7 Å². The van der Waals surface area contributed by atoms with Crippen LogP contribution in [0.25, 0.3) is 22.7 Å². The molecule has 0 amide bonds. The van der Waals surface area contributed by atoms with Crippen molar-refractivity contribution in [1.29, 1.82) is 0 Å². The molecule has 3 rings (SSSR count). The van der Waals surface area contributed by atoms with Crippen LogP contribution in [0.4, 0.5) is 0 Å². The van der Waals surface area contributed by atoms with Crippen molar-refractivity contribution in [1.82, 2.24) is 9.55 Å². The zero-order valence-electron chi connectivity index (χ0n) is 12.9. The van der Waals surface area contributed by atoms with Crippen LogP contribution in [-0.2, 0) is 0 Å². The van der Waals surface area contributed by atoms with Crippen LogP contribution in [0, 0.1) is 0 Å². The van der Waals surface area contributed by atoms with Gasteiger partial charge in [-0.3, -0.25) is 9.36 Å². The van der Waals surface area contributed by atoms with E-state index in [1.807, 2.05) is 12.1 Å². The molecule has 23 heavy (non-hydrogen) atoms. The second-order valence-corrected chi connectivity index (χ2v) is 4.93. The fraction of sp³-hybridized carbons (Fsp3) is 0.111. The Labute approximate surface area is 133 Å². The molecule has 0 aliphatic rings. The number of aromatic nitrogens is 2. The SMILES string of the molecule is C=Cc1cc(OC)cc2ncn(-c3ccc(OC)cc3)c(=O)c12. The average molecular weight is 308 g/mol. The molecule has 0 spiro atoms. The van der Waals surface area contributed by atoms with Crippen LogP contribution in [0.15, 0.2) is 54.1 Å². The van der Waals surface area contributed by atoms with Crippen molar-refractivity contribution in [2.45, 2.75) is 0 Å². The van der Waals surface area contributed by atoms with E-state index in [0.29, 0.717) is 22.2 Å². The van der Waals surface area contributed by atoms with Gasteiger partial charge in [-0.2, -0.15) is 0 Å². The van der Waals surface area contributed by atoms with Crippen molar-refractivity contribution in [2.24, 2.45) is 0 Å². The zero-order chi connectivity index (χ0) is 16.4. The van der Waals surface area contributed by atoms with E-state index in [2.05, 4.69) is 11.6 Å². The first-order valence-corrected chi connectivity index (χ1v) is 7.04. The van der Waals surface area contributed by atoms with E-state index in [1.54, 1.807) is 44.6 Å². The number of ether oxygens (including phenoxy) is 2. The minimum atomic E-state index is -0.155. The second kappa shape index (κ2) is 5.96. The molecule has 0 bridgehead atoms. The molecular formula is C18H16N2O3. The molecular weight excluding hydrogens is 292 g/mol. The van der Waals surface area contributed by atoms with Crippen molar-refractivity contribution in [2.75, 3.05) is 14.2 Å². The Morgan fingerprint density at radius 2 is 1.78 bits per heavy atom. The fourth-order valence-corrected chi connectivity index (χ4v) is 2.46. The molecule has 5 heteroatoms. The molecule has 5 nitrogen and oxygen atoms in total. The van der Waals surface area contributed by atoms with Gasteiger partial charge in [0.05, 0.1) is 30.8 Å². The molecule has 0 saturated carbocycles. The van der Waals surface area contributed by atoms with Crippen LogP contribution in [0.2, 0.25) is 0 Å². The smallest absolute Gasteiger partial charge is 0.266 e. The number of fused-ring (bicyclic) bond motifs is 1. The highest BCUT2D eigenvalue weighted by Gasteiger charge is 2.11. The molecule has 0 N–H and O–H groups in total. The predicted molar refractivity (Wildman–Crippen MR) is 90.5 cm³/mol. The van der Waals surface area contributed by atoms with Crippen molar-refractivity contribution in [3.8, 4) is 17.2 Å². The minimum absolute atomic E-state index is 0.155. The summed E-state index contributed by atoms with van der Waals surface area (Å²) in [7, 11) is 3.18. The summed E-state index contributed by atoms with van der Waals surface area (Å²) in [5.74, 6) is 1.37. The van der Waals surface area contributed by atoms with Gasteiger partial charge < -0.3 is 9.47 Å². The lowest BCUT2D eigenvalue weighted by molar-refractivity contribution is 0.414. The Bertz CT molecular complexity index is 927. The lowest BCUT2D eigenvalue weighted by Crippen LogP contribution is -2.19. The lowest BCUT2D eigenvalue weighted by atomic mass is 10.1. The highest BCUT2D eigenvalue weighted by molar-refractivity contribution is 5.88. The molecule has 0 atom stereocenters. The first kappa shape index (κ1) is 14.8. The Balaban J connectivity index is 2.25. The van der Waals surface area contributed by atoms with Gasteiger partial charge in [-0.25, -0.2) is 4.98 Å². The number of methoxy groups -OCH3 is 2. The summed E-state index contributed by atoms with van der Waals surface area (Å²) in [5.41, 5.74) is 1.84. The van der Waals surface area contributed by atoms with E-state index in [-0.39, 0.29) is 5.56 Å². The summed E-state index contributed by atoms with van der Waals surface area (Å²) < 4.78 is 11.9. The molecule has 1 aromatic heterocycles. The number of rotatable bonds is 4. The van der Waals surface area contributed by atoms with Crippen LogP contribution in [-0.4, -0.2) is 23.8 Å². The van der Waals surface area contributed by atoms with Gasteiger partial charge in [-0.05, 0) is 35.9 Å². The Morgan fingerprint density at radius 1 is 1.09 bits per heavy atom. The third kappa shape index (κ3) is 2.57. The molecule has 1 heterocycles. The molecule has 0 radical (unpaired) electrons. The van der Waals surface area contributed by atoms with Crippen molar-refractivity contribution in [3.63, 3.8) is 0 Å². The highest BCUT2D eigenvalue weighted by atomic mass is 16.5. The highest BCUT2D eigenvalue weighted by Crippen LogP contribution is 2.23. The third-order valence-corrected chi connectivity index (χ3v) is 3.67. The number of nitrogens with zero attached hydrogens (tertiary/aromatic N) is 2. The molecule has 0 unspecified atom stereocenters. The van der Waals surface area contributed by atoms with Gasteiger partial charge in [-0.15, -0.1) is 0 Å². The summed E-state index contributed by atoms with van der Waals surface area (Å²) in [6, 6.07) is 10.7. The van der Waals surface area contributed by atoms with E-state index >= 15 is 0 Å². The number of benzene rings is 2. The second-order valence-electron chi connectivity index (χ2n) is 4.93. The monoisotopic (exact) mass is 308 g/mol. The molecule has 0 aliphatic carbocycles. The normalized spacial score (nSPS) is 10.5. The van der Waals surface area contributed by atoms with Crippen LogP contribution in [0.1, 0.15) is 5.56 Å². The van der Waals surface area contributed by atoms with Gasteiger partial charge in [0, 0.05) is 6.07 Å². The summed E-state index contributed by atoms with van der Waals surface area (Å²) in [6.07, 6.45) is 3.14. The largest absolute Gasteiger partial charge is 0.497 e. The quantitative estimate of drug-likeness (QED) is 0.743. The maximum absolute atomic E-state index is 12.9. The van der Waals surface area contributed by atoms with Crippen molar-refractivity contribution in [3.05, 3.63) is 65.2 Å². The van der Waals surface area contributed by atoms with Crippen molar-refractivity contribution >= 4 is 17.0 Å². The summed E-state index contributed by atoms with van der Waals surface area (Å²) >= 11 is 0. The lowest BCUT2D eigenvalue weighted by Gasteiger charge is -2.10. The van der Waals surface area contributed by atoms with Crippen LogP contribution >= 0.6 is 0 Å². The minimum Gasteiger partial charge on any atom is -0.497 e. The topological polar surface area (TPSA) is 53.4 Å². The molecule has 2 aromatic carbocycles. The van der Waals surface area contributed by atoms with E-state index in [4.69, 9.17) is 9.47 Å². The molecule has 0 fully saturated rings. The predicted octanol–water partition coefficient (Wildman–Crippen LogP) is 3.05.